The van der Waals surface area contributed by atoms with Gasteiger partial charge in [-0.1, -0.05) is 29.8 Å². The van der Waals surface area contributed by atoms with Crippen LogP contribution in [0.25, 0.3) is 0 Å². The molecule has 2 aromatic carbocycles. The number of nitrogens with zero attached hydrogens (tertiary/aromatic N) is 1. The van der Waals surface area contributed by atoms with Crippen molar-refractivity contribution in [2.75, 3.05) is 5.32 Å². The van der Waals surface area contributed by atoms with Gasteiger partial charge in [0.1, 0.15) is 11.6 Å². The minimum absolute atomic E-state index is 0.0562. The highest BCUT2D eigenvalue weighted by molar-refractivity contribution is 6.31. The lowest BCUT2D eigenvalue weighted by Gasteiger charge is -2.06. The monoisotopic (exact) mass is 353 g/mol. The molecular weight excluding hydrogens is 338 g/mol. The van der Waals surface area contributed by atoms with Gasteiger partial charge in [-0.3, -0.25) is 9.59 Å². The summed E-state index contributed by atoms with van der Waals surface area (Å²) in [7, 11) is 0. The number of hydrogen-bond acceptors (Lipinski definition) is 4. The highest BCUT2D eigenvalue weighted by atomic mass is 35.5. The summed E-state index contributed by atoms with van der Waals surface area (Å²) in [6.07, 6.45) is 1.35. The molecule has 25 heavy (non-hydrogen) atoms. The molecule has 2 aromatic rings. The van der Waals surface area contributed by atoms with Crippen LogP contribution in [0.3, 0.4) is 0 Å². The van der Waals surface area contributed by atoms with Crippen LogP contribution in [0.1, 0.15) is 22.8 Å². The van der Waals surface area contributed by atoms with Gasteiger partial charge >= 0.3 is 0 Å². The predicted octanol–water partition coefficient (Wildman–Crippen LogP) is 3.68. The van der Waals surface area contributed by atoms with Crippen molar-refractivity contribution in [3.05, 3.63) is 76.5 Å². The Labute approximate surface area is 150 Å². The zero-order valence-electron chi connectivity index (χ0n) is 13.5. The number of ketones is 1. The van der Waals surface area contributed by atoms with Gasteiger partial charge < -0.3 is 10.6 Å². The van der Waals surface area contributed by atoms with Crippen molar-refractivity contribution in [3.63, 3.8) is 0 Å². The number of anilines is 1. The fraction of sp³-hybridized carbons (Fsp3) is 0.105. The maximum atomic E-state index is 12.1. The van der Waals surface area contributed by atoms with Crippen molar-refractivity contribution in [2.45, 2.75) is 13.5 Å². The van der Waals surface area contributed by atoms with Crippen molar-refractivity contribution in [1.82, 2.24) is 5.32 Å². The fourth-order valence-corrected chi connectivity index (χ4v) is 2.24. The number of carbonyl (C=O) groups excluding carboxylic acids is 2. The summed E-state index contributed by atoms with van der Waals surface area (Å²) >= 11 is 6.05. The molecule has 0 aliphatic rings. The molecule has 0 saturated carbocycles. The summed E-state index contributed by atoms with van der Waals surface area (Å²) in [5.41, 5.74) is 1.85. The molecular formula is C19H16ClN3O2. The lowest BCUT2D eigenvalue weighted by molar-refractivity contribution is -0.112. The van der Waals surface area contributed by atoms with Gasteiger partial charge in [0, 0.05) is 29.0 Å². The Morgan fingerprint density at radius 3 is 2.44 bits per heavy atom. The van der Waals surface area contributed by atoms with Crippen LogP contribution in [0, 0.1) is 11.3 Å². The number of nitriles is 1. The molecule has 5 nitrogen and oxygen atoms in total. The minimum Gasteiger partial charge on any atom is -0.386 e. The molecule has 0 aliphatic carbocycles. The third-order valence-corrected chi connectivity index (χ3v) is 3.78. The van der Waals surface area contributed by atoms with Crippen LogP contribution < -0.4 is 10.6 Å². The maximum absolute atomic E-state index is 12.1. The average Bonchev–Trinajstić information content (AvgIpc) is 2.60. The summed E-state index contributed by atoms with van der Waals surface area (Å²) < 4.78 is 0. The molecule has 0 aliphatic heterocycles. The van der Waals surface area contributed by atoms with Gasteiger partial charge in [-0.15, -0.1) is 0 Å². The highest BCUT2D eigenvalue weighted by Crippen LogP contribution is 2.14. The molecule has 0 atom stereocenters. The number of nitrogens with one attached hydrogen (secondary N) is 2. The van der Waals surface area contributed by atoms with E-state index in [1.165, 1.54) is 13.1 Å². The van der Waals surface area contributed by atoms with E-state index in [2.05, 4.69) is 10.6 Å². The molecule has 126 valence electrons. The fourth-order valence-electron chi connectivity index (χ4n) is 2.04. The predicted molar refractivity (Wildman–Crippen MR) is 97.1 cm³/mol. The number of amides is 1. The first-order valence-corrected chi connectivity index (χ1v) is 7.88. The van der Waals surface area contributed by atoms with Crippen molar-refractivity contribution in [2.24, 2.45) is 0 Å². The molecule has 2 rings (SSSR count). The van der Waals surface area contributed by atoms with E-state index in [0.717, 1.165) is 5.56 Å². The Balaban J connectivity index is 1.99. The highest BCUT2D eigenvalue weighted by Gasteiger charge is 2.09. The zero-order chi connectivity index (χ0) is 18.2. The van der Waals surface area contributed by atoms with E-state index in [4.69, 9.17) is 16.9 Å². The number of carbonyl (C=O) groups is 2. The van der Waals surface area contributed by atoms with Gasteiger partial charge in [0.05, 0.1) is 0 Å². The third kappa shape index (κ3) is 5.20. The first-order chi connectivity index (χ1) is 12.0. The van der Waals surface area contributed by atoms with Crippen molar-refractivity contribution in [1.29, 1.82) is 5.26 Å². The van der Waals surface area contributed by atoms with E-state index in [-0.39, 0.29) is 11.4 Å². The molecule has 0 bridgehead atoms. The molecule has 2 N–H and O–H groups in total. The van der Waals surface area contributed by atoms with Crippen molar-refractivity contribution >= 4 is 29.0 Å². The number of Topliss-reactive ketones (excluding diaryl/α,β-unsaturated/α-hetero) is 1. The Kier molecular flexibility index (Phi) is 6.33. The Bertz CT molecular complexity index is 852. The second kappa shape index (κ2) is 8.67. The SMILES string of the molecule is CC(=O)c1ccc(NC(=O)/C(C#N)=C\NCc2ccccc2Cl)cc1. The lowest BCUT2D eigenvalue weighted by Crippen LogP contribution is -2.16. The first kappa shape index (κ1) is 18.2. The van der Waals surface area contributed by atoms with Gasteiger partial charge in [0.25, 0.3) is 5.91 Å². The third-order valence-electron chi connectivity index (χ3n) is 3.41. The van der Waals surface area contributed by atoms with E-state index >= 15 is 0 Å². The maximum Gasteiger partial charge on any atom is 0.267 e. The van der Waals surface area contributed by atoms with Crippen LogP contribution in [-0.2, 0) is 11.3 Å². The summed E-state index contributed by atoms with van der Waals surface area (Å²) in [5.74, 6) is -0.594. The summed E-state index contributed by atoms with van der Waals surface area (Å²) in [4.78, 5) is 23.4. The van der Waals surface area contributed by atoms with Crippen LogP contribution in [0.2, 0.25) is 5.02 Å². The smallest absolute Gasteiger partial charge is 0.267 e. The van der Waals surface area contributed by atoms with Crippen LogP contribution >= 0.6 is 11.6 Å². The zero-order valence-corrected chi connectivity index (χ0v) is 14.3. The molecule has 0 fully saturated rings. The number of benzene rings is 2. The standard InChI is InChI=1S/C19H16ClN3O2/c1-13(24)14-6-8-17(9-7-14)23-19(25)16(10-21)12-22-11-15-4-2-3-5-18(15)20/h2-9,12,22H,11H2,1H3,(H,23,25)/b16-12-. The van der Waals surface area contributed by atoms with Gasteiger partial charge in [-0.05, 0) is 42.8 Å². The topological polar surface area (TPSA) is 82.0 Å². The Morgan fingerprint density at radius 2 is 1.84 bits per heavy atom. The Morgan fingerprint density at radius 1 is 1.16 bits per heavy atom. The lowest BCUT2D eigenvalue weighted by atomic mass is 10.1. The summed E-state index contributed by atoms with van der Waals surface area (Å²) in [5, 5.41) is 15.3. The minimum atomic E-state index is -0.537. The van der Waals surface area contributed by atoms with Crippen molar-refractivity contribution < 1.29 is 9.59 Å². The summed E-state index contributed by atoms with van der Waals surface area (Å²) in [6, 6.07) is 15.6. The molecule has 0 aromatic heterocycles. The molecule has 0 heterocycles. The average molecular weight is 354 g/mol. The van der Waals surface area contributed by atoms with Gasteiger partial charge in [0.15, 0.2) is 5.78 Å². The first-order valence-electron chi connectivity index (χ1n) is 7.50. The normalized spacial score (nSPS) is 10.7. The molecule has 0 saturated heterocycles. The van der Waals surface area contributed by atoms with E-state index in [1.54, 1.807) is 30.3 Å². The second-order valence-electron chi connectivity index (χ2n) is 5.23. The van der Waals surface area contributed by atoms with Crippen molar-refractivity contribution in [3.8, 4) is 6.07 Å². The van der Waals surface area contributed by atoms with Crippen LogP contribution in [0.15, 0.2) is 60.3 Å². The number of hydrogen-bond donors (Lipinski definition) is 2. The molecule has 0 radical (unpaired) electrons. The van der Waals surface area contributed by atoms with Crippen LogP contribution in [0.4, 0.5) is 5.69 Å². The van der Waals surface area contributed by atoms with Crippen LogP contribution in [0.5, 0.6) is 0 Å². The Hall–Kier alpha value is -3.10. The quantitative estimate of drug-likeness (QED) is 0.471. The van der Waals surface area contributed by atoms with E-state index in [0.29, 0.717) is 22.8 Å². The van der Waals surface area contributed by atoms with Crippen LogP contribution in [-0.4, -0.2) is 11.7 Å². The largest absolute Gasteiger partial charge is 0.386 e. The summed E-state index contributed by atoms with van der Waals surface area (Å²) in [6.45, 7) is 1.86. The van der Waals surface area contributed by atoms with Gasteiger partial charge in [-0.2, -0.15) is 5.26 Å². The van der Waals surface area contributed by atoms with Gasteiger partial charge in [0.2, 0.25) is 0 Å². The molecule has 0 unspecified atom stereocenters. The molecule has 0 spiro atoms. The molecule has 6 heteroatoms. The van der Waals surface area contributed by atoms with E-state index in [1.807, 2.05) is 24.3 Å². The second-order valence-corrected chi connectivity index (χ2v) is 5.64. The van der Waals surface area contributed by atoms with E-state index < -0.39 is 5.91 Å². The number of halogens is 1. The number of rotatable bonds is 6. The van der Waals surface area contributed by atoms with Gasteiger partial charge in [-0.25, -0.2) is 0 Å². The van der Waals surface area contributed by atoms with E-state index in [9.17, 15) is 9.59 Å². The molecule has 1 amide bonds.